The minimum Gasteiger partial charge on any atom is -0.353 e. The molecule has 0 aromatic rings. The summed E-state index contributed by atoms with van der Waals surface area (Å²) in [5.41, 5.74) is 5.84. The molecule has 1 fully saturated rings. The van der Waals surface area contributed by atoms with Crippen LogP contribution in [-0.2, 0) is 4.79 Å². The summed E-state index contributed by atoms with van der Waals surface area (Å²) < 4.78 is 0. The van der Waals surface area contributed by atoms with Crippen LogP contribution in [0, 0.1) is 5.41 Å². The third-order valence-corrected chi connectivity index (χ3v) is 3.69. The molecular formula is C14H28N2O. The van der Waals surface area contributed by atoms with Crippen molar-refractivity contribution in [1.82, 2.24) is 5.32 Å². The van der Waals surface area contributed by atoms with Crippen LogP contribution in [0.25, 0.3) is 0 Å². The first-order chi connectivity index (χ1) is 8.03. The second-order valence-corrected chi connectivity index (χ2v) is 6.12. The SMILES string of the molecule is CC1(C)CCC(NC(=O)CCCCCCN)C1. The van der Waals surface area contributed by atoms with Crippen LogP contribution in [0.5, 0.6) is 0 Å². The van der Waals surface area contributed by atoms with E-state index in [1.807, 2.05) is 0 Å². The fourth-order valence-corrected chi connectivity index (χ4v) is 2.64. The average molecular weight is 240 g/mol. The van der Waals surface area contributed by atoms with Gasteiger partial charge in [0.05, 0.1) is 0 Å². The van der Waals surface area contributed by atoms with Gasteiger partial charge in [-0.15, -0.1) is 0 Å². The third kappa shape index (κ3) is 6.06. The molecule has 3 N–H and O–H groups in total. The van der Waals surface area contributed by atoms with Gasteiger partial charge in [0.2, 0.25) is 5.91 Å². The van der Waals surface area contributed by atoms with E-state index in [0.29, 0.717) is 17.9 Å². The van der Waals surface area contributed by atoms with Gasteiger partial charge < -0.3 is 11.1 Å². The molecule has 17 heavy (non-hydrogen) atoms. The predicted molar refractivity (Wildman–Crippen MR) is 71.7 cm³/mol. The first kappa shape index (κ1) is 14.5. The van der Waals surface area contributed by atoms with Crippen LogP contribution in [0.4, 0.5) is 0 Å². The maximum Gasteiger partial charge on any atom is 0.220 e. The summed E-state index contributed by atoms with van der Waals surface area (Å²) in [5, 5.41) is 3.16. The Kier molecular flexibility index (Phi) is 5.96. The molecule has 0 aromatic heterocycles. The molecule has 3 heteroatoms. The van der Waals surface area contributed by atoms with Crippen molar-refractivity contribution in [3.8, 4) is 0 Å². The van der Waals surface area contributed by atoms with Crippen LogP contribution in [0.3, 0.4) is 0 Å². The normalized spacial score (nSPS) is 22.6. The maximum atomic E-state index is 11.7. The van der Waals surface area contributed by atoms with Crippen LogP contribution < -0.4 is 11.1 Å². The zero-order valence-corrected chi connectivity index (χ0v) is 11.4. The van der Waals surface area contributed by atoms with Gasteiger partial charge in [0, 0.05) is 12.5 Å². The summed E-state index contributed by atoms with van der Waals surface area (Å²) in [7, 11) is 0. The van der Waals surface area contributed by atoms with E-state index >= 15 is 0 Å². The molecule has 0 aliphatic heterocycles. The minimum absolute atomic E-state index is 0.237. The highest BCUT2D eigenvalue weighted by Gasteiger charge is 2.31. The number of carbonyl (C=O) groups excluding carboxylic acids is 1. The number of carbonyl (C=O) groups is 1. The van der Waals surface area contributed by atoms with E-state index in [2.05, 4.69) is 19.2 Å². The zero-order valence-electron chi connectivity index (χ0n) is 11.4. The monoisotopic (exact) mass is 240 g/mol. The molecular weight excluding hydrogens is 212 g/mol. The highest BCUT2D eigenvalue weighted by molar-refractivity contribution is 5.76. The highest BCUT2D eigenvalue weighted by Crippen LogP contribution is 2.36. The second-order valence-electron chi connectivity index (χ2n) is 6.12. The van der Waals surface area contributed by atoms with Gasteiger partial charge in [-0.25, -0.2) is 0 Å². The number of nitrogens with two attached hydrogens (primary N) is 1. The predicted octanol–water partition coefficient (Wildman–Crippen LogP) is 2.59. The average Bonchev–Trinajstić information content (AvgIpc) is 2.57. The molecule has 100 valence electrons. The topological polar surface area (TPSA) is 55.1 Å². The van der Waals surface area contributed by atoms with Gasteiger partial charge in [0.1, 0.15) is 0 Å². The van der Waals surface area contributed by atoms with Gasteiger partial charge in [-0.1, -0.05) is 26.7 Å². The lowest BCUT2D eigenvalue weighted by atomic mass is 9.92. The molecule has 3 nitrogen and oxygen atoms in total. The molecule has 1 atom stereocenters. The molecule has 0 spiro atoms. The summed E-state index contributed by atoms with van der Waals surface area (Å²) >= 11 is 0. The fraction of sp³-hybridized carbons (Fsp3) is 0.929. The molecule has 1 aliphatic carbocycles. The fourth-order valence-electron chi connectivity index (χ4n) is 2.64. The number of nitrogens with one attached hydrogen (secondary N) is 1. The molecule has 1 saturated carbocycles. The van der Waals surface area contributed by atoms with E-state index in [0.717, 1.165) is 45.1 Å². The Labute approximate surface area is 106 Å². The van der Waals surface area contributed by atoms with E-state index < -0.39 is 0 Å². The van der Waals surface area contributed by atoms with Crippen LogP contribution in [-0.4, -0.2) is 18.5 Å². The number of hydrogen-bond acceptors (Lipinski definition) is 2. The van der Waals surface area contributed by atoms with Gasteiger partial charge in [-0.2, -0.15) is 0 Å². The number of unbranched alkanes of at least 4 members (excludes halogenated alkanes) is 3. The molecule has 0 heterocycles. The summed E-state index contributed by atoms with van der Waals surface area (Å²) in [4.78, 5) is 11.7. The lowest BCUT2D eigenvalue weighted by Crippen LogP contribution is -2.33. The van der Waals surface area contributed by atoms with Crippen LogP contribution in [0.1, 0.15) is 65.2 Å². The van der Waals surface area contributed by atoms with Gasteiger partial charge in [-0.3, -0.25) is 4.79 Å². The largest absolute Gasteiger partial charge is 0.353 e. The van der Waals surface area contributed by atoms with Crippen molar-refractivity contribution in [3.63, 3.8) is 0 Å². The molecule has 1 aliphatic rings. The summed E-state index contributed by atoms with van der Waals surface area (Å²) in [6.45, 7) is 5.33. The van der Waals surface area contributed by atoms with E-state index in [-0.39, 0.29) is 5.91 Å². The Hall–Kier alpha value is -0.570. The van der Waals surface area contributed by atoms with E-state index in [4.69, 9.17) is 5.73 Å². The Morgan fingerprint density at radius 3 is 2.59 bits per heavy atom. The highest BCUT2D eigenvalue weighted by atomic mass is 16.1. The summed E-state index contributed by atoms with van der Waals surface area (Å²) in [6.07, 6.45) is 8.55. The van der Waals surface area contributed by atoms with Crippen molar-refractivity contribution < 1.29 is 4.79 Å². The van der Waals surface area contributed by atoms with Crippen molar-refractivity contribution in [2.45, 2.75) is 71.3 Å². The molecule has 1 amide bonds. The molecule has 0 radical (unpaired) electrons. The van der Waals surface area contributed by atoms with Gasteiger partial charge in [0.25, 0.3) is 0 Å². The van der Waals surface area contributed by atoms with Crippen molar-refractivity contribution in [2.75, 3.05) is 6.54 Å². The van der Waals surface area contributed by atoms with Crippen LogP contribution in [0.15, 0.2) is 0 Å². The maximum absolute atomic E-state index is 11.7. The number of hydrogen-bond donors (Lipinski definition) is 2. The van der Waals surface area contributed by atoms with E-state index in [1.54, 1.807) is 0 Å². The summed E-state index contributed by atoms with van der Waals surface area (Å²) in [6, 6.07) is 0.418. The van der Waals surface area contributed by atoms with Crippen molar-refractivity contribution in [3.05, 3.63) is 0 Å². The standard InChI is InChI=1S/C14H28N2O/c1-14(2)9-8-12(11-14)16-13(17)7-5-3-4-6-10-15/h12H,3-11,15H2,1-2H3,(H,16,17). The molecule has 0 saturated heterocycles. The minimum atomic E-state index is 0.237. The van der Waals surface area contributed by atoms with Crippen molar-refractivity contribution >= 4 is 5.91 Å². The van der Waals surface area contributed by atoms with Crippen LogP contribution in [0.2, 0.25) is 0 Å². The number of rotatable bonds is 7. The Balaban J connectivity index is 2.05. The molecule has 0 aromatic carbocycles. The Bertz CT molecular complexity index is 238. The lowest BCUT2D eigenvalue weighted by Gasteiger charge is -2.17. The Morgan fingerprint density at radius 2 is 2.00 bits per heavy atom. The number of amides is 1. The smallest absolute Gasteiger partial charge is 0.220 e. The molecule has 1 rings (SSSR count). The second kappa shape index (κ2) is 7.00. The van der Waals surface area contributed by atoms with Gasteiger partial charge in [-0.05, 0) is 44.1 Å². The van der Waals surface area contributed by atoms with Crippen LogP contribution >= 0.6 is 0 Å². The molecule has 1 unspecified atom stereocenters. The molecule has 0 bridgehead atoms. The zero-order chi connectivity index (χ0) is 12.7. The third-order valence-electron chi connectivity index (χ3n) is 3.69. The van der Waals surface area contributed by atoms with E-state index in [9.17, 15) is 4.79 Å². The van der Waals surface area contributed by atoms with Gasteiger partial charge in [0.15, 0.2) is 0 Å². The summed E-state index contributed by atoms with van der Waals surface area (Å²) in [5.74, 6) is 0.237. The lowest BCUT2D eigenvalue weighted by molar-refractivity contribution is -0.121. The first-order valence-corrected chi connectivity index (χ1v) is 7.03. The van der Waals surface area contributed by atoms with Crippen molar-refractivity contribution in [1.29, 1.82) is 0 Å². The quantitative estimate of drug-likeness (QED) is 0.672. The Morgan fingerprint density at radius 1 is 1.29 bits per heavy atom. The van der Waals surface area contributed by atoms with Crippen molar-refractivity contribution in [2.24, 2.45) is 11.1 Å². The first-order valence-electron chi connectivity index (χ1n) is 7.03. The van der Waals surface area contributed by atoms with Gasteiger partial charge >= 0.3 is 0 Å². The van der Waals surface area contributed by atoms with E-state index in [1.165, 1.54) is 6.42 Å².